The summed E-state index contributed by atoms with van der Waals surface area (Å²) in [5.74, 6) is 0.762. The van der Waals surface area contributed by atoms with E-state index in [2.05, 4.69) is 22.5 Å². The zero-order chi connectivity index (χ0) is 15.1. The summed E-state index contributed by atoms with van der Waals surface area (Å²) in [5, 5.41) is 6.43. The van der Waals surface area contributed by atoms with E-state index in [1.165, 1.54) is 12.8 Å². The van der Waals surface area contributed by atoms with E-state index in [9.17, 15) is 4.79 Å². The Hall–Kier alpha value is -1.39. The van der Waals surface area contributed by atoms with Crippen LogP contribution >= 0.6 is 0 Å². The van der Waals surface area contributed by atoms with Gasteiger partial charge in [0.2, 0.25) is 5.91 Å². The molecule has 1 atom stereocenters. The number of hydrogen-bond donors (Lipinski definition) is 2. The van der Waals surface area contributed by atoms with Crippen LogP contribution in [0.25, 0.3) is 0 Å². The number of hydrogen-bond acceptors (Lipinski definition) is 3. The summed E-state index contributed by atoms with van der Waals surface area (Å²) >= 11 is 0. The molecule has 1 amide bonds. The zero-order valence-corrected chi connectivity index (χ0v) is 13.2. The fourth-order valence-corrected chi connectivity index (χ4v) is 2.92. The number of para-hydroxylation sites is 1. The molecule has 2 rings (SSSR count). The van der Waals surface area contributed by atoms with Crippen LogP contribution in [0.1, 0.15) is 25.3 Å². The van der Waals surface area contributed by atoms with Gasteiger partial charge in [-0.25, -0.2) is 0 Å². The molecule has 116 valence electrons. The number of nitrogens with one attached hydrogen (secondary N) is 2. The van der Waals surface area contributed by atoms with Gasteiger partial charge in [0, 0.05) is 12.2 Å². The minimum absolute atomic E-state index is 0.0911. The van der Waals surface area contributed by atoms with E-state index in [-0.39, 0.29) is 5.91 Å². The molecular weight excluding hydrogens is 262 g/mol. The third-order valence-electron chi connectivity index (χ3n) is 4.07. The van der Waals surface area contributed by atoms with Crippen molar-refractivity contribution in [2.24, 2.45) is 5.92 Å². The second-order valence-corrected chi connectivity index (χ2v) is 5.91. The molecule has 1 aromatic carbocycles. The summed E-state index contributed by atoms with van der Waals surface area (Å²) < 4.78 is 0. The van der Waals surface area contributed by atoms with Crippen LogP contribution in [0.4, 0.5) is 5.69 Å². The van der Waals surface area contributed by atoms with Crippen molar-refractivity contribution in [1.29, 1.82) is 0 Å². The second-order valence-electron chi connectivity index (χ2n) is 5.91. The normalized spacial score (nSPS) is 19.4. The molecule has 4 nitrogen and oxygen atoms in total. The summed E-state index contributed by atoms with van der Waals surface area (Å²) in [7, 11) is 0. The lowest BCUT2D eigenvalue weighted by Gasteiger charge is -2.32. The fraction of sp³-hybridized carbons (Fsp3) is 0.588. The van der Waals surface area contributed by atoms with Gasteiger partial charge in [-0.3, -0.25) is 9.69 Å². The van der Waals surface area contributed by atoms with Crippen molar-refractivity contribution in [3.05, 3.63) is 29.8 Å². The van der Waals surface area contributed by atoms with E-state index < -0.39 is 0 Å². The number of nitrogens with zero attached hydrogens (tertiary/aromatic N) is 1. The zero-order valence-electron chi connectivity index (χ0n) is 13.2. The number of carbonyl (C=O) groups is 1. The summed E-state index contributed by atoms with van der Waals surface area (Å²) in [6, 6.07) is 7.91. The van der Waals surface area contributed by atoms with Gasteiger partial charge in [0.1, 0.15) is 0 Å². The number of amides is 1. The van der Waals surface area contributed by atoms with Gasteiger partial charge in [-0.15, -0.1) is 0 Å². The van der Waals surface area contributed by atoms with Crippen LogP contribution in [0.2, 0.25) is 0 Å². The van der Waals surface area contributed by atoms with Crippen LogP contribution in [-0.2, 0) is 4.79 Å². The van der Waals surface area contributed by atoms with Crippen molar-refractivity contribution in [3.63, 3.8) is 0 Å². The molecule has 1 aliphatic heterocycles. The molecule has 0 saturated carbocycles. The Balaban J connectivity index is 1.81. The van der Waals surface area contributed by atoms with Gasteiger partial charge in [-0.2, -0.15) is 0 Å². The van der Waals surface area contributed by atoms with Crippen molar-refractivity contribution in [3.8, 4) is 0 Å². The maximum absolute atomic E-state index is 12.2. The third kappa shape index (κ3) is 5.14. The van der Waals surface area contributed by atoms with Gasteiger partial charge in [0.05, 0.1) is 6.54 Å². The van der Waals surface area contributed by atoms with Crippen molar-refractivity contribution in [1.82, 2.24) is 10.2 Å². The molecule has 0 radical (unpaired) electrons. The lowest BCUT2D eigenvalue weighted by molar-refractivity contribution is -0.117. The first-order valence-corrected chi connectivity index (χ1v) is 7.97. The number of likely N-dealkylation sites (tertiary alicyclic amines) is 1. The van der Waals surface area contributed by atoms with Crippen LogP contribution < -0.4 is 10.6 Å². The van der Waals surface area contributed by atoms with E-state index in [0.717, 1.165) is 37.4 Å². The van der Waals surface area contributed by atoms with E-state index in [4.69, 9.17) is 0 Å². The highest BCUT2D eigenvalue weighted by Crippen LogP contribution is 2.16. The molecule has 4 heteroatoms. The Labute approximate surface area is 127 Å². The molecule has 0 aromatic heterocycles. The van der Waals surface area contributed by atoms with E-state index >= 15 is 0 Å². The Morgan fingerprint density at radius 1 is 1.38 bits per heavy atom. The number of aryl methyl sites for hydroxylation is 1. The monoisotopic (exact) mass is 289 g/mol. The smallest absolute Gasteiger partial charge is 0.238 e. The minimum Gasteiger partial charge on any atom is -0.325 e. The van der Waals surface area contributed by atoms with Crippen molar-refractivity contribution < 1.29 is 4.79 Å². The molecule has 1 heterocycles. The molecule has 21 heavy (non-hydrogen) atoms. The van der Waals surface area contributed by atoms with E-state index in [1.807, 2.05) is 31.2 Å². The number of rotatable bonds is 6. The molecule has 1 aliphatic rings. The topological polar surface area (TPSA) is 44.4 Å². The van der Waals surface area contributed by atoms with Gasteiger partial charge in [0.25, 0.3) is 0 Å². The highest BCUT2D eigenvalue weighted by atomic mass is 16.2. The molecule has 0 bridgehead atoms. The maximum Gasteiger partial charge on any atom is 0.238 e. The van der Waals surface area contributed by atoms with Gasteiger partial charge < -0.3 is 10.6 Å². The predicted molar refractivity (Wildman–Crippen MR) is 87.5 cm³/mol. The Kier molecular flexibility index (Phi) is 6.21. The van der Waals surface area contributed by atoms with Crippen molar-refractivity contribution in [2.45, 2.75) is 26.7 Å². The van der Waals surface area contributed by atoms with Gasteiger partial charge in [-0.1, -0.05) is 25.1 Å². The third-order valence-corrected chi connectivity index (χ3v) is 4.07. The maximum atomic E-state index is 12.2. The lowest BCUT2D eigenvalue weighted by Crippen LogP contribution is -2.43. The van der Waals surface area contributed by atoms with E-state index in [0.29, 0.717) is 12.5 Å². The van der Waals surface area contributed by atoms with Crippen molar-refractivity contribution in [2.75, 3.05) is 38.0 Å². The number of carbonyl (C=O) groups excluding carboxylic acids is 1. The first kappa shape index (κ1) is 16.0. The summed E-state index contributed by atoms with van der Waals surface area (Å²) in [6.07, 6.45) is 2.45. The van der Waals surface area contributed by atoms with Gasteiger partial charge in [0.15, 0.2) is 0 Å². The number of anilines is 1. The number of piperidine rings is 1. The average Bonchev–Trinajstić information content (AvgIpc) is 2.48. The SMILES string of the molecule is CCNCC1CCCN(CC(=O)Nc2ccccc2C)C1. The first-order valence-electron chi connectivity index (χ1n) is 7.97. The highest BCUT2D eigenvalue weighted by molar-refractivity contribution is 5.92. The molecule has 2 N–H and O–H groups in total. The Morgan fingerprint density at radius 3 is 2.95 bits per heavy atom. The summed E-state index contributed by atoms with van der Waals surface area (Å²) in [6.45, 7) is 8.78. The number of benzene rings is 1. The molecule has 1 fully saturated rings. The largest absolute Gasteiger partial charge is 0.325 e. The minimum atomic E-state index is 0.0911. The first-order chi connectivity index (χ1) is 10.2. The van der Waals surface area contributed by atoms with Crippen LogP contribution in [0.15, 0.2) is 24.3 Å². The van der Waals surface area contributed by atoms with E-state index in [1.54, 1.807) is 0 Å². The summed E-state index contributed by atoms with van der Waals surface area (Å²) in [5.41, 5.74) is 2.03. The quantitative estimate of drug-likeness (QED) is 0.844. The van der Waals surface area contributed by atoms with Crippen LogP contribution in [-0.4, -0.2) is 43.5 Å². The molecular formula is C17H27N3O. The molecule has 1 saturated heterocycles. The second kappa shape index (κ2) is 8.15. The Morgan fingerprint density at radius 2 is 2.19 bits per heavy atom. The van der Waals surface area contributed by atoms with Crippen LogP contribution in [0.5, 0.6) is 0 Å². The predicted octanol–water partition coefficient (Wildman–Crippen LogP) is 2.26. The average molecular weight is 289 g/mol. The Bertz CT molecular complexity index is 461. The van der Waals surface area contributed by atoms with Crippen LogP contribution in [0.3, 0.4) is 0 Å². The van der Waals surface area contributed by atoms with Crippen molar-refractivity contribution >= 4 is 11.6 Å². The fourth-order valence-electron chi connectivity index (χ4n) is 2.92. The standard InChI is InChI=1S/C17H27N3O/c1-3-18-11-15-8-6-10-20(12-15)13-17(21)19-16-9-5-4-7-14(16)2/h4-5,7,9,15,18H,3,6,8,10-13H2,1-2H3,(H,19,21). The van der Waals surface area contributed by atoms with Gasteiger partial charge >= 0.3 is 0 Å². The van der Waals surface area contributed by atoms with Crippen LogP contribution in [0, 0.1) is 12.8 Å². The molecule has 1 unspecified atom stereocenters. The van der Waals surface area contributed by atoms with Gasteiger partial charge in [-0.05, 0) is 56.9 Å². The highest BCUT2D eigenvalue weighted by Gasteiger charge is 2.21. The molecule has 0 spiro atoms. The summed E-state index contributed by atoms with van der Waals surface area (Å²) in [4.78, 5) is 14.5. The molecule has 0 aliphatic carbocycles. The molecule has 1 aromatic rings. The lowest BCUT2D eigenvalue weighted by atomic mass is 9.98.